The third-order valence-corrected chi connectivity index (χ3v) is 2.14. The van der Waals surface area contributed by atoms with Gasteiger partial charge in [-0.1, -0.05) is 5.16 Å². The Morgan fingerprint density at radius 2 is 2.47 bits per heavy atom. The lowest BCUT2D eigenvalue weighted by Gasteiger charge is -2.10. The zero-order valence-electron chi connectivity index (χ0n) is 8.08. The van der Waals surface area contributed by atoms with Crippen molar-refractivity contribution in [2.45, 2.75) is 12.6 Å². The minimum atomic E-state index is -0.421. The summed E-state index contributed by atoms with van der Waals surface area (Å²) in [6, 6.07) is 1.35. The SMILES string of the molecule is NC(CO)c1cncn1Cc1ccno1. The Morgan fingerprint density at radius 1 is 1.60 bits per heavy atom. The smallest absolute Gasteiger partial charge is 0.156 e. The van der Waals surface area contributed by atoms with Crippen LogP contribution in [0.4, 0.5) is 0 Å². The molecule has 1 unspecified atom stereocenters. The minimum absolute atomic E-state index is 0.109. The summed E-state index contributed by atoms with van der Waals surface area (Å²) >= 11 is 0. The average Bonchev–Trinajstić information content (AvgIpc) is 2.88. The van der Waals surface area contributed by atoms with Crippen LogP contribution >= 0.6 is 0 Å². The molecule has 0 amide bonds. The molecule has 0 aliphatic carbocycles. The van der Waals surface area contributed by atoms with Crippen LogP contribution in [0, 0.1) is 0 Å². The molecule has 6 nitrogen and oxygen atoms in total. The van der Waals surface area contributed by atoms with Crippen LogP contribution in [-0.2, 0) is 6.54 Å². The van der Waals surface area contributed by atoms with E-state index in [9.17, 15) is 0 Å². The highest BCUT2D eigenvalue weighted by molar-refractivity contribution is 5.07. The topological polar surface area (TPSA) is 90.1 Å². The molecular formula is C9H12N4O2. The van der Waals surface area contributed by atoms with Gasteiger partial charge in [-0.2, -0.15) is 0 Å². The summed E-state index contributed by atoms with van der Waals surface area (Å²) in [4.78, 5) is 3.98. The Balaban J connectivity index is 2.18. The molecule has 2 heterocycles. The first-order chi connectivity index (χ1) is 7.31. The molecule has 1 atom stereocenters. The van der Waals surface area contributed by atoms with Crippen LogP contribution in [0.25, 0.3) is 0 Å². The van der Waals surface area contributed by atoms with Crippen molar-refractivity contribution in [1.29, 1.82) is 0 Å². The van der Waals surface area contributed by atoms with E-state index in [-0.39, 0.29) is 6.61 Å². The summed E-state index contributed by atoms with van der Waals surface area (Å²) in [5.41, 5.74) is 6.48. The van der Waals surface area contributed by atoms with Crippen LogP contribution in [0.3, 0.4) is 0 Å². The average molecular weight is 208 g/mol. The monoisotopic (exact) mass is 208 g/mol. The second-order valence-corrected chi connectivity index (χ2v) is 3.21. The molecule has 0 saturated carbocycles. The van der Waals surface area contributed by atoms with E-state index in [1.165, 1.54) is 0 Å². The molecule has 0 bridgehead atoms. The molecular weight excluding hydrogens is 196 g/mol. The predicted molar refractivity (Wildman–Crippen MR) is 51.8 cm³/mol. The number of aliphatic hydroxyl groups excluding tert-OH is 1. The van der Waals surface area contributed by atoms with Gasteiger partial charge >= 0.3 is 0 Å². The number of nitrogens with zero attached hydrogens (tertiary/aromatic N) is 3. The normalized spacial score (nSPS) is 12.9. The Hall–Kier alpha value is -1.66. The quantitative estimate of drug-likeness (QED) is 0.733. The van der Waals surface area contributed by atoms with Crippen LogP contribution < -0.4 is 5.73 Å². The maximum atomic E-state index is 8.96. The van der Waals surface area contributed by atoms with Crippen molar-refractivity contribution in [3.63, 3.8) is 0 Å². The Labute approximate surface area is 86.3 Å². The Kier molecular flexibility index (Phi) is 2.79. The molecule has 0 aromatic carbocycles. The molecule has 0 aliphatic heterocycles. The van der Waals surface area contributed by atoms with Crippen molar-refractivity contribution in [3.05, 3.63) is 36.2 Å². The second-order valence-electron chi connectivity index (χ2n) is 3.21. The lowest BCUT2D eigenvalue weighted by molar-refractivity contribution is 0.262. The summed E-state index contributed by atoms with van der Waals surface area (Å²) in [7, 11) is 0. The van der Waals surface area contributed by atoms with Crippen molar-refractivity contribution in [2.24, 2.45) is 5.73 Å². The van der Waals surface area contributed by atoms with E-state index in [0.717, 1.165) is 11.5 Å². The molecule has 6 heteroatoms. The second kappa shape index (κ2) is 4.24. The molecule has 0 radical (unpaired) electrons. The zero-order valence-corrected chi connectivity index (χ0v) is 8.08. The standard InChI is InChI=1S/C9H12N4O2/c10-8(5-14)9-3-11-6-13(9)4-7-1-2-12-15-7/h1-3,6,8,14H,4-5,10H2. The van der Waals surface area contributed by atoms with Gasteiger partial charge in [0, 0.05) is 12.3 Å². The summed E-state index contributed by atoms with van der Waals surface area (Å²) < 4.78 is 6.79. The van der Waals surface area contributed by atoms with Gasteiger partial charge < -0.3 is 19.9 Å². The van der Waals surface area contributed by atoms with E-state index >= 15 is 0 Å². The Morgan fingerprint density at radius 3 is 3.13 bits per heavy atom. The summed E-state index contributed by atoms with van der Waals surface area (Å²) in [6.07, 6.45) is 4.86. The van der Waals surface area contributed by atoms with E-state index in [1.807, 2.05) is 4.57 Å². The van der Waals surface area contributed by atoms with E-state index in [2.05, 4.69) is 10.1 Å². The van der Waals surface area contributed by atoms with E-state index in [4.69, 9.17) is 15.4 Å². The molecule has 15 heavy (non-hydrogen) atoms. The fraction of sp³-hybridized carbons (Fsp3) is 0.333. The number of imidazole rings is 1. The summed E-state index contributed by atoms with van der Waals surface area (Å²) in [5, 5.41) is 12.6. The Bertz CT molecular complexity index is 409. The molecule has 3 N–H and O–H groups in total. The lowest BCUT2D eigenvalue weighted by atomic mass is 10.2. The van der Waals surface area contributed by atoms with Crippen molar-refractivity contribution >= 4 is 0 Å². The predicted octanol–water partition coefficient (Wildman–Crippen LogP) is -0.0885. The van der Waals surface area contributed by atoms with Crippen molar-refractivity contribution in [3.8, 4) is 0 Å². The molecule has 2 aromatic heterocycles. The lowest BCUT2D eigenvalue weighted by Crippen LogP contribution is -2.18. The van der Waals surface area contributed by atoms with Crippen molar-refractivity contribution in [1.82, 2.24) is 14.7 Å². The number of nitrogens with two attached hydrogens (primary N) is 1. The summed E-state index contributed by atoms with van der Waals surface area (Å²) in [6.45, 7) is 0.408. The highest BCUT2D eigenvalue weighted by atomic mass is 16.5. The van der Waals surface area contributed by atoms with Crippen LogP contribution in [0.2, 0.25) is 0 Å². The fourth-order valence-corrected chi connectivity index (χ4v) is 1.36. The first-order valence-electron chi connectivity index (χ1n) is 4.57. The van der Waals surface area contributed by atoms with Crippen LogP contribution in [-0.4, -0.2) is 26.4 Å². The molecule has 0 aliphatic rings. The third kappa shape index (κ3) is 2.05. The maximum Gasteiger partial charge on any atom is 0.156 e. The first kappa shape index (κ1) is 9.88. The van der Waals surface area contributed by atoms with Gasteiger partial charge in [-0.05, 0) is 0 Å². The van der Waals surface area contributed by atoms with Gasteiger partial charge in [-0.25, -0.2) is 4.98 Å². The van der Waals surface area contributed by atoms with Gasteiger partial charge in [0.2, 0.25) is 0 Å². The number of aliphatic hydroxyl groups is 1. The molecule has 0 fully saturated rings. The molecule has 0 spiro atoms. The van der Waals surface area contributed by atoms with Gasteiger partial charge in [0.1, 0.15) is 0 Å². The van der Waals surface area contributed by atoms with Crippen molar-refractivity contribution in [2.75, 3.05) is 6.61 Å². The molecule has 2 aromatic rings. The number of aromatic nitrogens is 3. The molecule has 0 saturated heterocycles. The van der Waals surface area contributed by atoms with Crippen molar-refractivity contribution < 1.29 is 9.63 Å². The maximum absolute atomic E-state index is 8.96. The summed E-state index contributed by atoms with van der Waals surface area (Å²) in [5.74, 6) is 0.722. The van der Waals surface area contributed by atoms with Crippen LogP contribution in [0.15, 0.2) is 29.3 Å². The van der Waals surface area contributed by atoms with Gasteiger partial charge in [0.15, 0.2) is 5.76 Å². The van der Waals surface area contributed by atoms with Gasteiger partial charge in [-0.15, -0.1) is 0 Å². The molecule has 2 rings (SSSR count). The number of hydrogen-bond acceptors (Lipinski definition) is 5. The number of hydrogen-bond donors (Lipinski definition) is 2. The molecule has 80 valence electrons. The van der Waals surface area contributed by atoms with E-state index in [0.29, 0.717) is 6.54 Å². The van der Waals surface area contributed by atoms with E-state index < -0.39 is 6.04 Å². The number of rotatable bonds is 4. The third-order valence-electron chi connectivity index (χ3n) is 2.14. The van der Waals surface area contributed by atoms with Crippen LogP contribution in [0.1, 0.15) is 17.5 Å². The zero-order chi connectivity index (χ0) is 10.7. The highest BCUT2D eigenvalue weighted by Crippen LogP contribution is 2.11. The first-order valence-corrected chi connectivity index (χ1v) is 4.57. The van der Waals surface area contributed by atoms with Gasteiger partial charge in [0.25, 0.3) is 0 Å². The van der Waals surface area contributed by atoms with E-state index in [1.54, 1.807) is 24.8 Å². The van der Waals surface area contributed by atoms with Gasteiger partial charge in [-0.3, -0.25) is 0 Å². The van der Waals surface area contributed by atoms with Crippen LogP contribution in [0.5, 0.6) is 0 Å². The fourth-order valence-electron chi connectivity index (χ4n) is 1.36. The largest absolute Gasteiger partial charge is 0.394 e. The minimum Gasteiger partial charge on any atom is -0.394 e. The highest BCUT2D eigenvalue weighted by Gasteiger charge is 2.11. The van der Waals surface area contributed by atoms with Gasteiger partial charge in [0.05, 0.1) is 37.4 Å².